The van der Waals surface area contributed by atoms with Crippen molar-refractivity contribution in [3.63, 3.8) is 0 Å². The van der Waals surface area contributed by atoms with Crippen LogP contribution in [0.25, 0.3) is 10.9 Å². The number of para-hydroxylation sites is 1. The van der Waals surface area contributed by atoms with E-state index in [9.17, 15) is 29.1 Å². The first-order valence-electron chi connectivity index (χ1n) is 20.4. The monoisotopic (exact) mass is 846 g/mol. The lowest BCUT2D eigenvalue weighted by Gasteiger charge is -2.34. The number of nitrogens with two attached hydrogens (primary N) is 1. The van der Waals surface area contributed by atoms with E-state index in [1.54, 1.807) is 81.6 Å². The minimum atomic E-state index is -1.68. The number of rotatable bonds is 18. The van der Waals surface area contributed by atoms with Crippen molar-refractivity contribution < 1.29 is 43.3 Å². The van der Waals surface area contributed by atoms with Crippen LogP contribution in [-0.2, 0) is 54.5 Å². The number of aromatic nitrogens is 1. The maximum absolute atomic E-state index is 15.0. The summed E-state index contributed by atoms with van der Waals surface area (Å²) >= 11 is 0. The van der Waals surface area contributed by atoms with Crippen LogP contribution in [0.15, 0.2) is 115 Å². The molecule has 5 rings (SSSR count). The van der Waals surface area contributed by atoms with E-state index in [0.29, 0.717) is 34.4 Å². The third kappa shape index (κ3) is 13.8. The molecule has 4 aromatic carbocycles. The molecule has 15 nitrogen and oxygen atoms in total. The van der Waals surface area contributed by atoms with E-state index in [4.69, 9.17) is 15.2 Å². The number of unbranched alkanes of at least 4 members (excludes halogenated alkanes) is 1. The third-order valence-electron chi connectivity index (χ3n) is 9.76. The van der Waals surface area contributed by atoms with Crippen molar-refractivity contribution in [2.75, 3.05) is 6.54 Å². The van der Waals surface area contributed by atoms with Crippen molar-refractivity contribution in [1.29, 1.82) is 0 Å². The summed E-state index contributed by atoms with van der Waals surface area (Å²) in [6.45, 7) is 4.95. The fourth-order valence-electron chi connectivity index (χ4n) is 6.71. The topological polar surface area (TPSA) is 222 Å². The zero-order valence-electron chi connectivity index (χ0n) is 35.1. The van der Waals surface area contributed by atoms with E-state index in [1.165, 1.54) is 24.3 Å². The SMILES string of the molecule is CC(C)(C)OC(=O)N(C(=O)[C@H](CCCCN)NC(=O)[C@H](Cc1c[nH]c2ccccc12)NC(=O)OCc1ccccc1)[C@@H](Cc1ccc(O)cc1)C(=O)NC(=O)Cc1ccccc1. The largest absolute Gasteiger partial charge is 0.508 e. The highest BCUT2D eigenvalue weighted by molar-refractivity contribution is 6.05. The molecule has 0 aliphatic rings. The molecule has 15 heteroatoms. The van der Waals surface area contributed by atoms with E-state index in [2.05, 4.69) is 20.9 Å². The van der Waals surface area contributed by atoms with Gasteiger partial charge >= 0.3 is 12.2 Å². The van der Waals surface area contributed by atoms with Gasteiger partial charge in [0.2, 0.25) is 17.7 Å². The first kappa shape index (κ1) is 46.1. The number of phenols is 1. The van der Waals surface area contributed by atoms with Crippen LogP contribution in [0, 0.1) is 0 Å². The Morgan fingerprint density at radius 2 is 1.39 bits per heavy atom. The number of nitrogens with one attached hydrogen (secondary N) is 4. The van der Waals surface area contributed by atoms with Gasteiger partial charge in [-0.05, 0) is 87.0 Å². The van der Waals surface area contributed by atoms with Crippen LogP contribution in [-0.4, -0.2) is 81.1 Å². The van der Waals surface area contributed by atoms with E-state index in [0.717, 1.165) is 16.5 Å². The van der Waals surface area contributed by atoms with Crippen molar-refractivity contribution in [3.05, 3.63) is 138 Å². The highest BCUT2D eigenvalue weighted by atomic mass is 16.6. The fourth-order valence-corrected chi connectivity index (χ4v) is 6.71. The normalized spacial score (nSPS) is 12.6. The Morgan fingerprint density at radius 3 is 2.05 bits per heavy atom. The molecule has 3 atom stereocenters. The van der Waals surface area contributed by atoms with Crippen LogP contribution in [0.5, 0.6) is 5.75 Å². The number of fused-ring (bicyclic) bond motifs is 1. The zero-order chi connectivity index (χ0) is 44.6. The Labute approximate surface area is 360 Å². The first-order valence-corrected chi connectivity index (χ1v) is 20.4. The first-order chi connectivity index (χ1) is 29.7. The van der Waals surface area contributed by atoms with Crippen LogP contribution in [0.1, 0.15) is 62.3 Å². The minimum Gasteiger partial charge on any atom is -0.508 e. The van der Waals surface area contributed by atoms with Crippen LogP contribution in [0.4, 0.5) is 9.59 Å². The molecule has 0 saturated carbocycles. The lowest BCUT2D eigenvalue weighted by molar-refractivity contribution is -0.144. The zero-order valence-corrected chi connectivity index (χ0v) is 35.1. The van der Waals surface area contributed by atoms with E-state index in [-0.39, 0.29) is 44.6 Å². The highest BCUT2D eigenvalue weighted by Crippen LogP contribution is 2.22. The molecule has 5 aromatic rings. The molecular weight excluding hydrogens is 793 g/mol. The smallest absolute Gasteiger partial charge is 0.417 e. The second-order valence-corrected chi connectivity index (χ2v) is 15.8. The van der Waals surface area contributed by atoms with Gasteiger partial charge in [-0.15, -0.1) is 0 Å². The quantitative estimate of drug-likeness (QED) is 0.0601. The summed E-state index contributed by atoms with van der Waals surface area (Å²) in [5.74, 6) is -3.51. The summed E-state index contributed by atoms with van der Waals surface area (Å²) in [7, 11) is 0. The van der Waals surface area contributed by atoms with Gasteiger partial charge in [0, 0.05) is 29.9 Å². The van der Waals surface area contributed by atoms with Crippen LogP contribution in [0.2, 0.25) is 0 Å². The number of nitrogens with zero attached hydrogens (tertiary/aromatic N) is 1. The molecule has 0 aliphatic heterocycles. The summed E-state index contributed by atoms with van der Waals surface area (Å²) in [5.41, 5.74) is 7.95. The number of carbonyl (C=O) groups is 6. The standard InChI is InChI=1S/C47H54N6O9/c1-47(2,3)62-46(60)53(40(26-32-21-23-35(54)24-22-32)43(57)52-41(55)27-31-14-6-4-7-15-31)44(58)38(20-12-13-25-48)50-42(56)39(28-34-29-49-37-19-11-10-18-36(34)37)51-45(59)61-30-33-16-8-5-9-17-33/h4-11,14-19,21-24,29,38-40,49,54H,12-13,20,25-28,30,48H2,1-3H3,(H,50,56)(H,51,59)(H,52,55,57)/t38-,39-,40-/m0/s1. The summed E-state index contributed by atoms with van der Waals surface area (Å²) in [6.07, 6.45) is -0.118. The third-order valence-corrected chi connectivity index (χ3v) is 9.76. The maximum atomic E-state index is 15.0. The van der Waals surface area contributed by atoms with Gasteiger partial charge in [0.05, 0.1) is 6.42 Å². The second kappa shape index (κ2) is 22.0. The Bertz CT molecular complexity index is 2290. The Morgan fingerprint density at radius 1 is 0.742 bits per heavy atom. The van der Waals surface area contributed by atoms with E-state index >= 15 is 4.79 Å². The van der Waals surface area contributed by atoms with Gasteiger partial charge in [-0.3, -0.25) is 24.5 Å². The number of H-pyrrole nitrogens is 1. The van der Waals surface area contributed by atoms with Crippen molar-refractivity contribution in [1.82, 2.24) is 25.8 Å². The number of phenolic OH excluding ortho intramolecular Hbond substituents is 1. The molecule has 62 heavy (non-hydrogen) atoms. The van der Waals surface area contributed by atoms with Gasteiger partial charge in [-0.2, -0.15) is 0 Å². The summed E-state index contributed by atoms with van der Waals surface area (Å²) in [4.78, 5) is 88.4. The van der Waals surface area contributed by atoms with Crippen molar-refractivity contribution in [2.45, 2.75) is 89.6 Å². The van der Waals surface area contributed by atoms with Gasteiger partial charge in [0.1, 0.15) is 36.1 Å². The average Bonchev–Trinajstić information content (AvgIpc) is 3.65. The molecule has 0 unspecified atom stereocenters. The number of imide groups is 2. The predicted molar refractivity (Wildman–Crippen MR) is 232 cm³/mol. The molecule has 0 spiro atoms. The molecule has 6 amide bonds. The number of aromatic hydroxyl groups is 1. The van der Waals surface area contributed by atoms with E-state index in [1.807, 2.05) is 30.3 Å². The van der Waals surface area contributed by atoms with Gasteiger partial charge in [-0.1, -0.05) is 91.0 Å². The number of benzene rings is 4. The summed E-state index contributed by atoms with van der Waals surface area (Å²) < 4.78 is 11.2. The van der Waals surface area contributed by atoms with Crippen molar-refractivity contribution >= 4 is 46.7 Å². The van der Waals surface area contributed by atoms with Crippen LogP contribution in [0.3, 0.4) is 0 Å². The molecule has 0 bridgehead atoms. The molecule has 0 radical (unpaired) electrons. The lowest BCUT2D eigenvalue weighted by atomic mass is 10.00. The number of aromatic amines is 1. The number of carbonyl (C=O) groups excluding carboxylic acids is 6. The Hall–Kier alpha value is -7.00. The molecule has 0 fully saturated rings. The highest BCUT2D eigenvalue weighted by Gasteiger charge is 2.42. The second-order valence-electron chi connectivity index (χ2n) is 15.8. The van der Waals surface area contributed by atoms with Crippen LogP contribution >= 0.6 is 0 Å². The molecule has 326 valence electrons. The summed E-state index contributed by atoms with van der Waals surface area (Å²) in [5, 5.41) is 18.6. The molecule has 0 aliphatic carbocycles. The van der Waals surface area contributed by atoms with Crippen molar-refractivity contribution in [2.24, 2.45) is 5.73 Å². The predicted octanol–water partition coefficient (Wildman–Crippen LogP) is 5.59. The maximum Gasteiger partial charge on any atom is 0.417 e. The number of alkyl carbamates (subject to hydrolysis) is 1. The lowest BCUT2D eigenvalue weighted by Crippen LogP contribution is -2.61. The van der Waals surface area contributed by atoms with Gasteiger partial charge in [0.25, 0.3) is 5.91 Å². The van der Waals surface area contributed by atoms with Gasteiger partial charge < -0.3 is 35.9 Å². The molecule has 7 N–H and O–H groups in total. The van der Waals surface area contributed by atoms with Gasteiger partial charge in [-0.25, -0.2) is 14.5 Å². The molecule has 1 heterocycles. The van der Waals surface area contributed by atoms with Gasteiger partial charge in [0.15, 0.2) is 0 Å². The fraction of sp³-hybridized carbons (Fsp3) is 0.319. The number of amides is 6. The number of hydrogen-bond donors (Lipinski definition) is 6. The average molecular weight is 847 g/mol. The Balaban J connectivity index is 1.50. The molecule has 0 saturated heterocycles. The van der Waals surface area contributed by atoms with Crippen molar-refractivity contribution in [3.8, 4) is 5.75 Å². The van der Waals surface area contributed by atoms with Crippen LogP contribution < -0.4 is 21.7 Å². The Kier molecular flexibility index (Phi) is 16.4. The number of ether oxygens (including phenoxy) is 2. The summed E-state index contributed by atoms with van der Waals surface area (Å²) in [6, 6.07) is 26.5. The minimum absolute atomic E-state index is 0.0226. The number of hydrogen-bond acceptors (Lipinski definition) is 10. The van der Waals surface area contributed by atoms with E-state index < -0.39 is 59.5 Å². The molecular formula is C47H54N6O9. The molecule has 1 aromatic heterocycles.